The van der Waals surface area contributed by atoms with E-state index in [2.05, 4.69) is 54.1 Å². The Kier molecular flexibility index (Phi) is 7.98. The van der Waals surface area contributed by atoms with E-state index in [9.17, 15) is 8.78 Å². The molecule has 14 heteroatoms. The molecule has 0 saturated carbocycles. The van der Waals surface area contributed by atoms with Gasteiger partial charge in [0.05, 0.1) is 37.7 Å². The quantitative estimate of drug-likeness (QED) is 0.330. The molecule has 2 fully saturated rings. The number of alkyl halides is 2. The summed E-state index contributed by atoms with van der Waals surface area (Å²) in [5, 5.41) is 3.20. The number of nitrogens with one attached hydrogen (secondary N) is 1. The molecule has 0 bridgehead atoms. The predicted molar refractivity (Wildman–Crippen MR) is 155 cm³/mol. The summed E-state index contributed by atoms with van der Waals surface area (Å²) in [6, 6.07) is 9.38. The average molecular weight is 581 g/mol. The molecule has 42 heavy (non-hydrogen) atoms. The fourth-order valence-electron chi connectivity index (χ4n) is 5.39. The van der Waals surface area contributed by atoms with Gasteiger partial charge in [0.1, 0.15) is 17.1 Å². The number of rotatable bonds is 8. The van der Waals surface area contributed by atoms with Crippen LogP contribution < -0.4 is 19.9 Å². The summed E-state index contributed by atoms with van der Waals surface area (Å²) >= 11 is 0. The smallest absolute Gasteiger partial charge is 0.296 e. The number of hydrogen-bond donors (Lipinski definition) is 1. The number of methoxy groups -OCH3 is 1. The maximum atomic E-state index is 14.3. The van der Waals surface area contributed by atoms with Crippen LogP contribution in [0.3, 0.4) is 0 Å². The van der Waals surface area contributed by atoms with Crippen molar-refractivity contribution in [2.24, 2.45) is 0 Å². The van der Waals surface area contributed by atoms with E-state index in [1.165, 1.54) is 11.7 Å². The maximum absolute atomic E-state index is 14.3. The molecule has 12 nitrogen and oxygen atoms in total. The molecule has 0 amide bonds. The molecule has 2 aliphatic heterocycles. The zero-order chi connectivity index (χ0) is 29.2. The molecule has 222 valence electrons. The summed E-state index contributed by atoms with van der Waals surface area (Å²) in [7, 11) is 5.69. The first-order chi connectivity index (χ1) is 20.4. The van der Waals surface area contributed by atoms with E-state index in [4.69, 9.17) is 9.47 Å². The molecule has 0 atom stereocenters. The monoisotopic (exact) mass is 580 g/mol. The van der Waals surface area contributed by atoms with Crippen molar-refractivity contribution in [1.29, 1.82) is 0 Å². The third kappa shape index (κ3) is 5.63. The topological polar surface area (TPSA) is 110 Å². The largest absolute Gasteiger partial charge is 0.494 e. The van der Waals surface area contributed by atoms with Gasteiger partial charge in [0, 0.05) is 26.2 Å². The number of pyridine rings is 1. The standard InChI is InChI=1S/C28H34F2N10O2/c1-37-11-9-19(10-12-37)38(2)22-8-7-18(17-31-22)32-26-34-27(39-13-15-42-16-14-39)36-28(35-26)40-20-5-4-6-21(41-3)23(20)33-25(40)24(29)30/h4-8,17,19,24H,9-16H2,1-3H3,(H,32,34,35,36). The summed E-state index contributed by atoms with van der Waals surface area (Å²) in [5.41, 5.74) is 1.36. The van der Waals surface area contributed by atoms with Gasteiger partial charge in [0.25, 0.3) is 6.43 Å². The van der Waals surface area contributed by atoms with Crippen molar-refractivity contribution in [3.8, 4) is 11.7 Å². The minimum absolute atomic E-state index is 0.0200. The lowest BCUT2D eigenvalue weighted by atomic mass is 10.0. The van der Waals surface area contributed by atoms with Gasteiger partial charge in [-0.3, -0.25) is 4.57 Å². The molecule has 5 heterocycles. The Morgan fingerprint density at radius 2 is 1.76 bits per heavy atom. The average Bonchev–Trinajstić information content (AvgIpc) is 3.42. The van der Waals surface area contributed by atoms with Crippen molar-refractivity contribution in [3.63, 3.8) is 0 Å². The molecular formula is C28H34F2N10O2. The Balaban J connectivity index is 1.35. The van der Waals surface area contributed by atoms with E-state index in [1.54, 1.807) is 24.4 Å². The van der Waals surface area contributed by atoms with Gasteiger partial charge in [-0.05, 0) is 57.2 Å². The highest BCUT2D eigenvalue weighted by atomic mass is 19.3. The zero-order valence-electron chi connectivity index (χ0n) is 23.9. The number of fused-ring (bicyclic) bond motifs is 1. The lowest BCUT2D eigenvalue weighted by molar-refractivity contribution is 0.122. The van der Waals surface area contributed by atoms with E-state index in [0.29, 0.717) is 60.8 Å². The van der Waals surface area contributed by atoms with Crippen LogP contribution in [-0.4, -0.2) is 101 Å². The molecular weight excluding hydrogens is 546 g/mol. The first-order valence-electron chi connectivity index (χ1n) is 14.0. The highest BCUT2D eigenvalue weighted by Gasteiger charge is 2.26. The molecule has 2 saturated heterocycles. The Morgan fingerprint density at radius 3 is 2.45 bits per heavy atom. The number of ether oxygens (including phenoxy) is 2. The van der Waals surface area contributed by atoms with Crippen LogP contribution in [0.25, 0.3) is 17.0 Å². The van der Waals surface area contributed by atoms with Crippen molar-refractivity contribution < 1.29 is 18.3 Å². The minimum atomic E-state index is -2.87. The van der Waals surface area contributed by atoms with Crippen LogP contribution in [-0.2, 0) is 4.74 Å². The summed E-state index contributed by atoms with van der Waals surface area (Å²) in [5.74, 6) is 1.34. The van der Waals surface area contributed by atoms with Gasteiger partial charge in [-0.15, -0.1) is 0 Å². The Labute approximate surface area is 242 Å². The van der Waals surface area contributed by atoms with Crippen LogP contribution in [0.15, 0.2) is 36.5 Å². The van der Waals surface area contributed by atoms with Crippen molar-refractivity contribution in [2.45, 2.75) is 25.3 Å². The van der Waals surface area contributed by atoms with Crippen molar-refractivity contribution in [1.82, 2.24) is 34.4 Å². The van der Waals surface area contributed by atoms with E-state index in [1.807, 2.05) is 17.0 Å². The zero-order valence-corrected chi connectivity index (χ0v) is 23.9. The highest BCUT2D eigenvalue weighted by molar-refractivity contribution is 5.84. The SMILES string of the molecule is COc1cccc2c1nc(C(F)F)n2-c1nc(Nc2ccc(N(C)C3CCN(C)CC3)nc2)nc(N2CCOCC2)n1. The fourth-order valence-corrected chi connectivity index (χ4v) is 5.39. The number of halogens is 2. The minimum Gasteiger partial charge on any atom is -0.494 e. The second-order valence-corrected chi connectivity index (χ2v) is 10.5. The van der Waals surface area contributed by atoms with E-state index >= 15 is 0 Å². The molecule has 0 aliphatic carbocycles. The molecule has 4 aromatic rings. The number of aromatic nitrogens is 6. The van der Waals surface area contributed by atoms with E-state index < -0.39 is 12.2 Å². The number of nitrogens with zero attached hydrogens (tertiary/aromatic N) is 9. The Hall–Kier alpha value is -4.17. The fraction of sp³-hybridized carbons (Fsp3) is 0.464. The highest BCUT2D eigenvalue weighted by Crippen LogP contribution is 2.32. The number of piperidine rings is 1. The molecule has 1 N–H and O–H groups in total. The van der Waals surface area contributed by atoms with Crippen LogP contribution in [0.2, 0.25) is 0 Å². The van der Waals surface area contributed by atoms with Gasteiger partial charge in [0.2, 0.25) is 17.8 Å². The van der Waals surface area contributed by atoms with Gasteiger partial charge in [-0.2, -0.15) is 15.0 Å². The second kappa shape index (κ2) is 12.0. The molecule has 1 aromatic carbocycles. The molecule has 2 aliphatic rings. The number of morpholine rings is 1. The first kappa shape index (κ1) is 28.0. The second-order valence-electron chi connectivity index (χ2n) is 10.5. The lowest BCUT2D eigenvalue weighted by Crippen LogP contribution is -2.42. The summed E-state index contributed by atoms with van der Waals surface area (Å²) in [6.45, 7) is 4.26. The summed E-state index contributed by atoms with van der Waals surface area (Å²) in [6.07, 6.45) is 1.02. The number of benzene rings is 1. The van der Waals surface area contributed by atoms with Crippen LogP contribution in [0, 0.1) is 0 Å². The normalized spacial score (nSPS) is 16.8. The predicted octanol–water partition coefficient (Wildman–Crippen LogP) is 3.66. The van der Waals surface area contributed by atoms with E-state index in [-0.39, 0.29) is 11.9 Å². The Morgan fingerprint density at radius 1 is 1.00 bits per heavy atom. The van der Waals surface area contributed by atoms with Gasteiger partial charge >= 0.3 is 0 Å². The third-order valence-corrected chi connectivity index (χ3v) is 7.80. The number of para-hydroxylation sites is 1. The lowest BCUT2D eigenvalue weighted by Gasteiger charge is -2.35. The first-order valence-corrected chi connectivity index (χ1v) is 14.0. The number of hydrogen-bond acceptors (Lipinski definition) is 11. The third-order valence-electron chi connectivity index (χ3n) is 7.80. The molecule has 6 rings (SSSR count). The molecule has 0 radical (unpaired) electrons. The number of likely N-dealkylation sites (tertiary alicyclic amines) is 1. The van der Waals surface area contributed by atoms with Gasteiger partial charge in [-0.1, -0.05) is 6.07 Å². The van der Waals surface area contributed by atoms with Crippen molar-refractivity contribution >= 4 is 34.4 Å². The number of anilines is 4. The van der Waals surface area contributed by atoms with Gasteiger partial charge < -0.3 is 29.5 Å². The molecule has 3 aromatic heterocycles. The van der Waals surface area contributed by atoms with Gasteiger partial charge in [0.15, 0.2) is 5.82 Å². The maximum Gasteiger partial charge on any atom is 0.296 e. The van der Waals surface area contributed by atoms with Crippen LogP contribution in [0.5, 0.6) is 5.75 Å². The van der Waals surface area contributed by atoms with Gasteiger partial charge in [-0.25, -0.2) is 18.7 Å². The van der Waals surface area contributed by atoms with Crippen LogP contribution >= 0.6 is 0 Å². The van der Waals surface area contributed by atoms with Crippen molar-refractivity contribution in [2.75, 3.05) is 75.7 Å². The Bertz CT molecular complexity index is 1520. The summed E-state index contributed by atoms with van der Waals surface area (Å²) in [4.78, 5) is 29.2. The van der Waals surface area contributed by atoms with Crippen LogP contribution in [0.1, 0.15) is 25.1 Å². The summed E-state index contributed by atoms with van der Waals surface area (Å²) < 4.78 is 40.7. The molecule has 0 spiro atoms. The molecule has 0 unspecified atom stereocenters. The van der Waals surface area contributed by atoms with Crippen molar-refractivity contribution in [3.05, 3.63) is 42.4 Å². The van der Waals surface area contributed by atoms with Crippen LogP contribution in [0.4, 0.5) is 32.2 Å². The number of imidazole rings is 1. The van der Waals surface area contributed by atoms with E-state index in [0.717, 1.165) is 31.7 Å².